The van der Waals surface area contributed by atoms with E-state index < -0.39 is 17.0 Å². The molecule has 0 aliphatic rings. The lowest BCUT2D eigenvalue weighted by molar-refractivity contribution is -0.131. The lowest BCUT2D eigenvalue weighted by Gasteiger charge is -2.03. The number of aliphatic carboxylic acids is 1. The molecule has 0 rings (SSSR count). The first-order valence-electron chi connectivity index (χ1n) is 3.01. The van der Waals surface area contributed by atoms with Gasteiger partial charge < -0.3 is 10.8 Å². The molecule has 0 unspecified atom stereocenters. The van der Waals surface area contributed by atoms with Gasteiger partial charge in [-0.1, -0.05) is 23.2 Å². The average Bonchev–Trinajstić information content (AvgIpc) is 2.02. The van der Waals surface area contributed by atoms with Gasteiger partial charge in [-0.3, -0.25) is 5.43 Å². The highest BCUT2D eigenvalue weighted by Crippen LogP contribution is 2.12. The molecule has 0 fully saturated rings. The maximum absolute atomic E-state index is 10.2. The summed E-state index contributed by atoms with van der Waals surface area (Å²) in [5.41, 5.74) is 8.94. The molecule has 5 N–H and O–H groups in total. The van der Waals surface area contributed by atoms with E-state index in [0.29, 0.717) is 0 Å². The van der Waals surface area contributed by atoms with Crippen molar-refractivity contribution in [1.29, 1.82) is 0 Å². The zero-order valence-corrected chi connectivity index (χ0v) is 7.82. The van der Waals surface area contributed by atoms with Crippen molar-refractivity contribution < 1.29 is 14.7 Å². The van der Waals surface area contributed by atoms with Gasteiger partial charge >= 0.3 is 12.0 Å². The van der Waals surface area contributed by atoms with Gasteiger partial charge in [-0.25, -0.2) is 15.0 Å². The number of nitrogens with two attached hydrogens (primary N) is 1. The summed E-state index contributed by atoms with van der Waals surface area (Å²) in [4.78, 5) is 20.3. The molecular weight excluding hydrogens is 221 g/mol. The van der Waals surface area contributed by atoms with E-state index in [0.717, 1.165) is 0 Å². The van der Waals surface area contributed by atoms with Crippen LogP contribution in [0.15, 0.2) is 10.1 Å². The van der Waals surface area contributed by atoms with E-state index >= 15 is 0 Å². The molecule has 0 aliphatic carbocycles. The third kappa shape index (κ3) is 5.29. The number of hydrogen-bond acceptors (Lipinski definition) is 3. The maximum Gasteiger partial charge on any atom is 0.348 e. The van der Waals surface area contributed by atoms with Crippen LogP contribution in [0.1, 0.15) is 0 Å². The molecule has 0 aromatic heterocycles. The molecule has 0 aliphatic heterocycles. The van der Waals surface area contributed by atoms with Crippen molar-refractivity contribution in [3.05, 3.63) is 10.1 Å². The van der Waals surface area contributed by atoms with Crippen molar-refractivity contribution in [1.82, 2.24) is 10.9 Å². The van der Waals surface area contributed by atoms with E-state index in [1.54, 1.807) is 0 Å². The molecule has 13 heavy (non-hydrogen) atoms. The van der Waals surface area contributed by atoms with E-state index in [4.69, 9.17) is 34.0 Å². The van der Waals surface area contributed by atoms with Crippen LogP contribution in [0.25, 0.3) is 0 Å². The number of primary amides is 1. The minimum absolute atomic E-state index is 0.115. The SMILES string of the molecule is NC(=O)NNCC(Cl)=C(Cl)C(=O)O. The third-order valence-electron chi connectivity index (χ3n) is 0.881. The lowest BCUT2D eigenvalue weighted by Crippen LogP contribution is -2.41. The van der Waals surface area contributed by atoms with E-state index in [1.165, 1.54) is 0 Å². The van der Waals surface area contributed by atoms with Gasteiger partial charge in [0.2, 0.25) is 0 Å². The van der Waals surface area contributed by atoms with Gasteiger partial charge in [0.1, 0.15) is 5.03 Å². The molecule has 0 aromatic rings. The molecule has 2 amide bonds. The van der Waals surface area contributed by atoms with E-state index in [2.05, 4.69) is 5.43 Å². The van der Waals surface area contributed by atoms with Crippen LogP contribution in [0, 0.1) is 0 Å². The van der Waals surface area contributed by atoms with Crippen molar-refractivity contribution in [3.8, 4) is 0 Å². The van der Waals surface area contributed by atoms with Gasteiger partial charge in [-0.2, -0.15) is 0 Å². The number of carbonyl (C=O) groups is 2. The predicted molar refractivity (Wildman–Crippen MR) is 47.1 cm³/mol. The highest BCUT2D eigenvalue weighted by molar-refractivity contribution is 6.47. The van der Waals surface area contributed by atoms with Crippen LogP contribution in [0.2, 0.25) is 0 Å². The fourth-order valence-electron chi connectivity index (χ4n) is 0.403. The van der Waals surface area contributed by atoms with Crippen molar-refractivity contribution in [3.63, 3.8) is 0 Å². The number of amides is 2. The number of carboxylic acids is 1. The third-order valence-corrected chi connectivity index (χ3v) is 1.69. The molecular formula is C5H7Cl2N3O3. The molecule has 0 saturated heterocycles. The Kier molecular flexibility index (Phi) is 5.20. The van der Waals surface area contributed by atoms with Crippen molar-refractivity contribution in [2.24, 2.45) is 5.73 Å². The fraction of sp³-hybridized carbons (Fsp3) is 0.200. The fourth-order valence-corrected chi connectivity index (χ4v) is 0.617. The summed E-state index contributed by atoms with van der Waals surface area (Å²) in [6.07, 6.45) is 0. The first kappa shape index (κ1) is 12.0. The Morgan fingerprint density at radius 1 is 1.38 bits per heavy atom. The van der Waals surface area contributed by atoms with Crippen LogP contribution < -0.4 is 16.6 Å². The lowest BCUT2D eigenvalue weighted by atomic mass is 10.5. The molecule has 0 radical (unpaired) electrons. The van der Waals surface area contributed by atoms with Crippen LogP contribution in [0.3, 0.4) is 0 Å². The van der Waals surface area contributed by atoms with Crippen molar-refractivity contribution in [2.75, 3.05) is 6.54 Å². The standard InChI is InChI=1S/C5H7Cl2N3O3/c6-2(3(7)4(11)12)1-9-10-5(8)13/h9H,1H2,(H,11,12)(H3,8,10,13). The van der Waals surface area contributed by atoms with E-state index in [9.17, 15) is 9.59 Å². The van der Waals surface area contributed by atoms with Crippen molar-refractivity contribution >= 4 is 35.2 Å². The predicted octanol–water partition coefficient (Wildman–Crippen LogP) is -0.0669. The monoisotopic (exact) mass is 227 g/mol. The Bertz CT molecular complexity index is 253. The van der Waals surface area contributed by atoms with E-state index in [1.807, 2.05) is 5.43 Å². The highest BCUT2D eigenvalue weighted by Gasteiger charge is 2.09. The quantitative estimate of drug-likeness (QED) is 0.399. The van der Waals surface area contributed by atoms with Crippen LogP contribution in [-0.4, -0.2) is 23.7 Å². The molecule has 0 spiro atoms. The number of nitrogens with one attached hydrogen (secondary N) is 2. The zero-order valence-electron chi connectivity index (χ0n) is 6.30. The second kappa shape index (κ2) is 5.63. The normalized spacial score (nSPS) is 11.8. The number of rotatable bonds is 4. The van der Waals surface area contributed by atoms with Gasteiger partial charge in [0, 0.05) is 0 Å². The van der Waals surface area contributed by atoms with Crippen LogP contribution in [-0.2, 0) is 4.79 Å². The van der Waals surface area contributed by atoms with E-state index in [-0.39, 0.29) is 11.6 Å². The van der Waals surface area contributed by atoms with Crippen LogP contribution >= 0.6 is 23.2 Å². The molecule has 0 aromatic carbocycles. The number of urea groups is 1. The second-order valence-electron chi connectivity index (χ2n) is 1.87. The Morgan fingerprint density at radius 3 is 2.31 bits per heavy atom. The number of hydrogen-bond donors (Lipinski definition) is 4. The second-order valence-corrected chi connectivity index (χ2v) is 2.70. The molecule has 0 heterocycles. The summed E-state index contributed by atoms with van der Waals surface area (Å²) in [6.45, 7) is -0.115. The van der Waals surface area contributed by atoms with Gasteiger partial charge in [0.05, 0.1) is 11.6 Å². The first-order valence-corrected chi connectivity index (χ1v) is 3.76. The smallest absolute Gasteiger partial charge is 0.348 e. The molecule has 0 atom stereocenters. The molecule has 0 bridgehead atoms. The minimum atomic E-state index is -1.34. The summed E-state index contributed by atoms with van der Waals surface area (Å²) in [5.74, 6) is -1.34. The number of hydrazine groups is 1. The van der Waals surface area contributed by atoms with Gasteiger partial charge in [-0.15, -0.1) is 0 Å². The molecule has 0 saturated carbocycles. The Balaban J connectivity index is 3.99. The largest absolute Gasteiger partial charge is 0.477 e. The van der Waals surface area contributed by atoms with Gasteiger partial charge in [0.15, 0.2) is 0 Å². The van der Waals surface area contributed by atoms with Gasteiger partial charge in [0.25, 0.3) is 0 Å². The van der Waals surface area contributed by atoms with Crippen LogP contribution in [0.4, 0.5) is 4.79 Å². The summed E-state index contributed by atoms with van der Waals surface area (Å²) < 4.78 is 0. The summed E-state index contributed by atoms with van der Waals surface area (Å²) >= 11 is 10.7. The summed E-state index contributed by atoms with van der Waals surface area (Å²) in [5, 5.41) is 7.70. The number of carboxylic acid groups (broad SMARTS) is 1. The topological polar surface area (TPSA) is 104 Å². The Hall–Kier alpha value is -0.980. The van der Waals surface area contributed by atoms with Crippen molar-refractivity contribution in [2.45, 2.75) is 0 Å². The Morgan fingerprint density at radius 2 is 1.92 bits per heavy atom. The summed E-state index contributed by atoms with van der Waals surface area (Å²) in [7, 11) is 0. The average molecular weight is 228 g/mol. The number of halogens is 2. The number of carbonyl (C=O) groups excluding carboxylic acids is 1. The van der Waals surface area contributed by atoms with Crippen LogP contribution in [0.5, 0.6) is 0 Å². The molecule has 74 valence electrons. The molecule has 8 heteroatoms. The highest BCUT2D eigenvalue weighted by atomic mass is 35.5. The zero-order chi connectivity index (χ0) is 10.4. The minimum Gasteiger partial charge on any atom is -0.477 e. The van der Waals surface area contributed by atoms with Gasteiger partial charge in [-0.05, 0) is 0 Å². The Labute approximate surface area is 83.6 Å². The first-order chi connectivity index (χ1) is 5.95. The summed E-state index contributed by atoms with van der Waals surface area (Å²) in [6, 6.07) is -0.809. The maximum atomic E-state index is 10.2. The molecule has 6 nitrogen and oxygen atoms in total.